The number of ether oxygens (including phenoxy) is 2. The summed E-state index contributed by atoms with van der Waals surface area (Å²) >= 11 is 0. The molecule has 1 aromatic carbocycles. The van der Waals surface area contributed by atoms with E-state index in [1.54, 1.807) is 37.6 Å². The van der Waals surface area contributed by atoms with Gasteiger partial charge < -0.3 is 19.7 Å². The number of nitrogens with one attached hydrogen (secondary N) is 1. The van der Waals surface area contributed by atoms with Crippen molar-refractivity contribution in [1.29, 1.82) is 0 Å². The van der Waals surface area contributed by atoms with Crippen molar-refractivity contribution in [3.05, 3.63) is 48.7 Å². The molecule has 0 bridgehead atoms. The summed E-state index contributed by atoms with van der Waals surface area (Å²) in [4.78, 5) is 18.7. The summed E-state index contributed by atoms with van der Waals surface area (Å²) in [5.74, 6) is 2.25. The van der Waals surface area contributed by atoms with Gasteiger partial charge in [0.1, 0.15) is 17.3 Å². The van der Waals surface area contributed by atoms with Crippen molar-refractivity contribution >= 4 is 11.7 Å². The van der Waals surface area contributed by atoms with E-state index in [9.17, 15) is 4.79 Å². The minimum absolute atomic E-state index is 0.00636. The molecule has 1 fully saturated rings. The Morgan fingerprint density at radius 3 is 2.76 bits per heavy atom. The molecule has 1 amide bonds. The first kappa shape index (κ1) is 17.1. The van der Waals surface area contributed by atoms with Crippen LogP contribution in [0.4, 0.5) is 5.82 Å². The van der Waals surface area contributed by atoms with Crippen LogP contribution < -0.4 is 19.7 Å². The molecule has 2 heterocycles. The van der Waals surface area contributed by atoms with Crippen LogP contribution in [-0.4, -0.2) is 43.7 Å². The molecule has 1 atom stereocenters. The van der Waals surface area contributed by atoms with E-state index in [1.807, 2.05) is 18.2 Å². The third-order valence-corrected chi connectivity index (χ3v) is 4.19. The van der Waals surface area contributed by atoms with Crippen LogP contribution in [0.25, 0.3) is 0 Å². The highest BCUT2D eigenvalue weighted by molar-refractivity contribution is 5.78. The summed E-state index contributed by atoms with van der Waals surface area (Å²) in [6.07, 6.45) is 3.79. The molecule has 0 aliphatic carbocycles. The van der Waals surface area contributed by atoms with E-state index in [0.717, 1.165) is 37.5 Å². The number of piperidine rings is 1. The fourth-order valence-corrected chi connectivity index (χ4v) is 2.93. The van der Waals surface area contributed by atoms with E-state index in [0.29, 0.717) is 5.75 Å². The molecule has 1 aliphatic rings. The summed E-state index contributed by atoms with van der Waals surface area (Å²) in [6.45, 7) is 1.74. The zero-order chi connectivity index (χ0) is 17.5. The lowest BCUT2D eigenvalue weighted by atomic mass is 10.1. The lowest BCUT2D eigenvalue weighted by Crippen LogP contribution is -2.49. The molecular formula is C19H23N3O3. The quantitative estimate of drug-likeness (QED) is 0.873. The van der Waals surface area contributed by atoms with E-state index in [-0.39, 0.29) is 18.6 Å². The van der Waals surface area contributed by atoms with Crippen molar-refractivity contribution < 1.29 is 14.3 Å². The van der Waals surface area contributed by atoms with Crippen LogP contribution in [-0.2, 0) is 4.79 Å². The molecule has 25 heavy (non-hydrogen) atoms. The molecule has 2 aromatic rings. The number of anilines is 1. The first-order valence-corrected chi connectivity index (χ1v) is 8.47. The Morgan fingerprint density at radius 2 is 2.04 bits per heavy atom. The lowest BCUT2D eigenvalue weighted by Gasteiger charge is -2.33. The fourth-order valence-electron chi connectivity index (χ4n) is 2.93. The number of amides is 1. The van der Waals surface area contributed by atoms with Gasteiger partial charge in [0.05, 0.1) is 7.11 Å². The molecular weight excluding hydrogens is 318 g/mol. The van der Waals surface area contributed by atoms with Crippen LogP contribution in [0.15, 0.2) is 48.7 Å². The maximum atomic E-state index is 12.2. The van der Waals surface area contributed by atoms with Gasteiger partial charge in [-0.3, -0.25) is 4.79 Å². The van der Waals surface area contributed by atoms with Crippen molar-refractivity contribution in [2.24, 2.45) is 0 Å². The van der Waals surface area contributed by atoms with Crippen molar-refractivity contribution in [3.8, 4) is 11.5 Å². The highest BCUT2D eigenvalue weighted by Crippen LogP contribution is 2.18. The van der Waals surface area contributed by atoms with Crippen LogP contribution in [0.5, 0.6) is 11.5 Å². The second-order valence-corrected chi connectivity index (χ2v) is 6.00. The zero-order valence-corrected chi connectivity index (χ0v) is 14.4. The molecule has 1 N–H and O–H groups in total. The highest BCUT2D eigenvalue weighted by Gasteiger charge is 2.22. The molecule has 0 saturated carbocycles. The van der Waals surface area contributed by atoms with E-state index in [1.165, 1.54) is 0 Å². The number of carbonyl (C=O) groups is 1. The van der Waals surface area contributed by atoms with Crippen LogP contribution in [0.1, 0.15) is 12.8 Å². The predicted molar refractivity (Wildman–Crippen MR) is 96.1 cm³/mol. The van der Waals surface area contributed by atoms with E-state index in [4.69, 9.17) is 9.47 Å². The number of pyridine rings is 1. The molecule has 1 aromatic heterocycles. The topological polar surface area (TPSA) is 63.7 Å². The van der Waals surface area contributed by atoms with E-state index >= 15 is 0 Å². The van der Waals surface area contributed by atoms with Gasteiger partial charge in [0, 0.05) is 25.3 Å². The van der Waals surface area contributed by atoms with Crippen molar-refractivity contribution in [3.63, 3.8) is 0 Å². The SMILES string of the molecule is COc1ccc(OCC(=O)NC2CCCN(c3ccccn3)C2)cc1. The molecule has 0 radical (unpaired) electrons. The number of carbonyl (C=O) groups excluding carboxylic acids is 1. The number of hydrogen-bond acceptors (Lipinski definition) is 5. The second kappa shape index (κ2) is 8.37. The zero-order valence-electron chi connectivity index (χ0n) is 14.4. The minimum atomic E-state index is -0.108. The monoisotopic (exact) mass is 341 g/mol. The predicted octanol–water partition coefficient (Wildman–Crippen LogP) is 2.25. The number of hydrogen-bond donors (Lipinski definition) is 1. The van der Waals surface area contributed by atoms with Gasteiger partial charge in [-0.1, -0.05) is 6.07 Å². The Kier molecular flexibility index (Phi) is 5.72. The number of benzene rings is 1. The summed E-state index contributed by atoms with van der Waals surface area (Å²) < 4.78 is 10.6. The lowest BCUT2D eigenvalue weighted by molar-refractivity contribution is -0.123. The minimum Gasteiger partial charge on any atom is -0.497 e. The van der Waals surface area contributed by atoms with Gasteiger partial charge in [-0.25, -0.2) is 4.98 Å². The van der Waals surface area contributed by atoms with Crippen LogP contribution in [0, 0.1) is 0 Å². The maximum Gasteiger partial charge on any atom is 0.258 e. The molecule has 1 aliphatic heterocycles. The van der Waals surface area contributed by atoms with E-state index in [2.05, 4.69) is 15.2 Å². The first-order chi connectivity index (χ1) is 12.2. The smallest absolute Gasteiger partial charge is 0.258 e. The molecule has 0 spiro atoms. The van der Waals surface area contributed by atoms with Crippen LogP contribution in [0.3, 0.4) is 0 Å². The fraction of sp³-hybridized carbons (Fsp3) is 0.368. The van der Waals surface area contributed by atoms with Gasteiger partial charge in [-0.2, -0.15) is 0 Å². The molecule has 1 saturated heterocycles. The molecule has 132 valence electrons. The van der Waals surface area contributed by atoms with Crippen molar-refractivity contribution in [2.75, 3.05) is 31.7 Å². The summed E-state index contributed by atoms with van der Waals surface area (Å²) in [5.41, 5.74) is 0. The van der Waals surface area contributed by atoms with Gasteiger partial charge in [-0.05, 0) is 49.2 Å². The van der Waals surface area contributed by atoms with Gasteiger partial charge in [0.15, 0.2) is 6.61 Å². The van der Waals surface area contributed by atoms with Crippen LogP contribution >= 0.6 is 0 Å². The van der Waals surface area contributed by atoms with Crippen molar-refractivity contribution in [2.45, 2.75) is 18.9 Å². The molecule has 3 rings (SSSR count). The standard InChI is InChI=1S/C19H23N3O3/c1-24-16-7-9-17(10-8-16)25-14-19(23)21-15-5-4-12-22(13-15)18-6-2-3-11-20-18/h2-3,6-11,15H,4-5,12-14H2,1H3,(H,21,23). The van der Waals surface area contributed by atoms with Gasteiger partial charge in [0.25, 0.3) is 5.91 Å². The molecule has 6 nitrogen and oxygen atoms in total. The first-order valence-electron chi connectivity index (χ1n) is 8.47. The normalized spacial score (nSPS) is 17.0. The second-order valence-electron chi connectivity index (χ2n) is 6.00. The molecule has 6 heteroatoms. The highest BCUT2D eigenvalue weighted by atomic mass is 16.5. The van der Waals surface area contributed by atoms with Crippen LogP contribution in [0.2, 0.25) is 0 Å². The Hall–Kier alpha value is -2.76. The van der Waals surface area contributed by atoms with Crippen molar-refractivity contribution in [1.82, 2.24) is 10.3 Å². The van der Waals surface area contributed by atoms with Gasteiger partial charge in [-0.15, -0.1) is 0 Å². The average molecular weight is 341 g/mol. The number of nitrogens with zero attached hydrogens (tertiary/aromatic N) is 2. The number of rotatable bonds is 6. The summed E-state index contributed by atoms with van der Waals surface area (Å²) in [5, 5.41) is 3.05. The third kappa shape index (κ3) is 4.86. The Labute approximate surface area is 147 Å². The summed E-state index contributed by atoms with van der Waals surface area (Å²) in [7, 11) is 1.61. The van der Waals surface area contributed by atoms with Gasteiger partial charge >= 0.3 is 0 Å². The largest absolute Gasteiger partial charge is 0.497 e. The Balaban J connectivity index is 1.47. The van der Waals surface area contributed by atoms with Gasteiger partial charge in [0.2, 0.25) is 0 Å². The Bertz CT molecular complexity index is 676. The number of aromatic nitrogens is 1. The summed E-state index contributed by atoms with van der Waals surface area (Å²) in [6, 6.07) is 13.2. The third-order valence-electron chi connectivity index (χ3n) is 4.19. The number of methoxy groups -OCH3 is 1. The Morgan fingerprint density at radius 1 is 1.24 bits per heavy atom. The maximum absolute atomic E-state index is 12.2. The van der Waals surface area contributed by atoms with E-state index < -0.39 is 0 Å². The average Bonchev–Trinajstić information content (AvgIpc) is 2.68. The molecule has 1 unspecified atom stereocenters.